The highest BCUT2D eigenvalue weighted by molar-refractivity contribution is 5.78. The normalized spacial score (nSPS) is 14.0. The molecule has 0 saturated carbocycles. The summed E-state index contributed by atoms with van der Waals surface area (Å²) in [5.41, 5.74) is -3.19. The van der Waals surface area contributed by atoms with Crippen LogP contribution in [0.5, 0.6) is 5.75 Å². The monoisotopic (exact) mass is 450 g/mol. The molecule has 0 heterocycles. The first-order valence-electron chi connectivity index (χ1n) is 10.3. The Labute approximate surface area is 181 Å². The second-order valence-corrected chi connectivity index (χ2v) is 10.3. The zero-order valence-corrected chi connectivity index (χ0v) is 19.6. The summed E-state index contributed by atoms with van der Waals surface area (Å²) in [4.78, 5) is 12.7. The molecule has 1 rings (SSSR count). The summed E-state index contributed by atoms with van der Waals surface area (Å²) in [6.45, 7) is 13.5. The molecule has 1 atom stereocenters. The third-order valence-corrected chi connectivity index (χ3v) is 5.07. The first-order chi connectivity index (χ1) is 13.9. The van der Waals surface area contributed by atoms with Gasteiger partial charge >= 0.3 is 5.97 Å². The molecule has 0 bridgehead atoms. The van der Waals surface area contributed by atoms with Gasteiger partial charge in [0.2, 0.25) is 11.6 Å². The highest BCUT2D eigenvalue weighted by Crippen LogP contribution is 2.39. The van der Waals surface area contributed by atoms with E-state index in [1.807, 2.05) is 20.8 Å². The van der Waals surface area contributed by atoms with Crippen LogP contribution in [0, 0.1) is 41.0 Å². The number of rotatable bonds is 10. The van der Waals surface area contributed by atoms with Crippen LogP contribution in [0.1, 0.15) is 73.3 Å². The minimum absolute atomic E-state index is 0.159. The van der Waals surface area contributed by atoms with Crippen molar-refractivity contribution in [2.45, 2.75) is 86.4 Å². The number of hydrogen-bond acceptors (Lipinski definition) is 4. The predicted molar refractivity (Wildman–Crippen MR) is 110 cm³/mol. The van der Waals surface area contributed by atoms with Gasteiger partial charge in [0.15, 0.2) is 17.5 Å². The maximum absolute atomic E-state index is 14.2. The number of aliphatic hydroxyl groups is 1. The minimum atomic E-state index is -1.89. The van der Waals surface area contributed by atoms with E-state index in [4.69, 9.17) is 9.47 Å². The van der Waals surface area contributed by atoms with Crippen molar-refractivity contribution in [1.29, 1.82) is 0 Å². The summed E-state index contributed by atoms with van der Waals surface area (Å²) in [6, 6.07) is 0. The Morgan fingerprint density at radius 3 is 2.03 bits per heavy atom. The lowest BCUT2D eigenvalue weighted by Crippen LogP contribution is -2.36. The van der Waals surface area contributed by atoms with E-state index in [2.05, 4.69) is 0 Å². The average Bonchev–Trinajstić information content (AvgIpc) is 2.59. The molecule has 178 valence electrons. The van der Waals surface area contributed by atoms with Crippen LogP contribution in [0.15, 0.2) is 0 Å². The summed E-state index contributed by atoms with van der Waals surface area (Å²) in [5.74, 6) is -9.08. The summed E-state index contributed by atoms with van der Waals surface area (Å²) < 4.78 is 65.9. The molecule has 1 aromatic rings. The molecular weight excluding hydrogens is 416 g/mol. The van der Waals surface area contributed by atoms with Crippen molar-refractivity contribution in [2.75, 3.05) is 6.61 Å². The lowest BCUT2D eigenvalue weighted by Gasteiger charge is -2.35. The number of ether oxygens (including phenoxy) is 2. The van der Waals surface area contributed by atoms with Gasteiger partial charge in [0.05, 0.1) is 17.1 Å². The van der Waals surface area contributed by atoms with E-state index in [9.17, 15) is 27.5 Å². The van der Waals surface area contributed by atoms with Crippen LogP contribution in [-0.4, -0.2) is 29.4 Å². The van der Waals surface area contributed by atoms with Gasteiger partial charge in [0.25, 0.3) is 0 Å². The van der Waals surface area contributed by atoms with Crippen molar-refractivity contribution in [2.24, 2.45) is 10.8 Å². The molecule has 31 heavy (non-hydrogen) atoms. The molecular formula is C23H34F4O4. The number of esters is 1. The summed E-state index contributed by atoms with van der Waals surface area (Å²) >= 11 is 0. The highest BCUT2D eigenvalue weighted by Gasteiger charge is 2.38. The van der Waals surface area contributed by atoms with Crippen LogP contribution in [0.2, 0.25) is 0 Å². The molecule has 1 unspecified atom stereocenters. The Morgan fingerprint density at radius 2 is 1.52 bits per heavy atom. The Bertz CT molecular complexity index is 769. The summed E-state index contributed by atoms with van der Waals surface area (Å²) in [7, 11) is 0. The van der Waals surface area contributed by atoms with E-state index < -0.39 is 57.0 Å². The van der Waals surface area contributed by atoms with Crippen molar-refractivity contribution >= 4 is 5.97 Å². The van der Waals surface area contributed by atoms with E-state index in [0.717, 1.165) is 6.92 Å². The summed E-state index contributed by atoms with van der Waals surface area (Å²) in [6.07, 6.45) is 1.17. The van der Waals surface area contributed by atoms with Crippen molar-refractivity contribution in [3.8, 4) is 5.75 Å². The Hall–Kier alpha value is -1.67. The Balaban J connectivity index is 2.86. The molecule has 0 aromatic heterocycles. The maximum Gasteiger partial charge on any atom is 0.317 e. The molecule has 0 fully saturated rings. The van der Waals surface area contributed by atoms with Gasteiger partial charge in [-0.3, -0.25) is 4.79 Å². The number of hydrogen-bond donors (Lipinski definition) is 1. The predicted octanol–water partition coefficient (Wildman–Crippen LogP) is 5.86. The number of benzene rings is 1. The standard InChI is InChI=1S/C23H34F4O4/c1-13(30-10-9-23(7,8)29)11-21(3,4)12-22(5,6)20(28)31-19-16(25)14(2)15(24)17(26)18(19)27/h13,29H,9-12H2,1-8H3. The van der Waals surface area contributed by atoms with Crippen LogP contribution >= 0.6 is 0 Å². The fourth-order valence-electron chi connectivity index (χ4n) is 3.73. The van der Waals surface area contributed by atoms with Crippen LogP contribution < -0.4 is 4.74 Å². The van der Waals surface area contributed by atoms with Gasteiger partial charge in [0, 0.05) is 12.2 Å². The second-order valence-electron chi connectivity index (χ2n) is 10.3. The molecule has 4 nitrogen and oxygen atoms in total. The number of carbonyl (C=O) groups excluding carboxylic acids is 1. The largest absolute Gasteiger partial charge is 0.420 e. The SMILES string of the molecule is Cc1c(F)c(F)c(F)c(OC(=O)C(C)(C)CC(C)(C)CC(C)OCCC(C)(C)O)c1F. The minimum Gasteiger partial charge on any atom is -0.420 e. The van der Waals surface area contributed by atoms with Gasteiger partial charge in [-0.1, -0.05) is 13.8 Å². The molecule has 0 amide bonds. The van der Waals surface area contributed by atoms with Crippen LogP contribution in [-0.2, 0) is 9.53 Å². The van der Waals surface area contributed by atoms with E-state index in [0.29, 0.717) is 19.4 Å². The third kappa shape index (κ3) is 7.75. The quantitative estimate of drug-likeness (QED) is 0.160. The molecule has 0 radical (unpaired) electrons. The average molecular weight is 451 g/mol. The lowest BCUT2D eigenvalue weighted by atomic mass is 9.72. The van der Waals surface area contributed by atoms with E-state index in [1.165, 1.54) is 0 Å². The highest BCUT2D eigenvalue weighted by atomic mass is 19.2. The first-order valence-corrected chi connectivity index (χ1v) is 10.3. The fraction of sp³-hybridized carbons (Fsp3) is 0.696. The van der Waals surface area contributed by atoms with Crippen molar-refractivity contribution in [3.05, 3.63) is 28.8 Å². The van der Waals surface area contributed by atoms with E-state index in [-0.39, 0.29) is 12.5 Å². The van der Waals surface area contributed by atoms with E-state index in [1.54, 1.807) is 27.7 Å². The van der Waals surface area contributed by atoms with Crippen molar-refractivity contribution in [3.63, 3.8) is 0 Å². The number of carbonyl (C=O) groups is 1. The molecule has 0 spiro atoms. The lowest BCUT2D eigenvalue weighted by molar-refractivity contribution is -0.146. The third-order valence-electron chi connectivity index (χ3n) is 5.07. The number of halogens is 4. The van der Waals surface area contributed by atoms with Crippen molar-refractivity contribution < 1.29 is 36.9 Å². The molecule has 0 aliphatic carbocycles. The molecule has 0 aliphatic rings. The maximum atomic E-state index is 14.2. The van der Waals surface area contributed by atoms with Crippen LogP contribution in [0.25, 0.3) is 0 Å². The Kier molecular flexibility index (Phi) is 8.70. The molecule has 1 aromatic carbocycles. The first kappa shape index (κ1) is 27.4. The smallest absolute Gasteiger partial charge is 0.317 e. The topological polar surface area (TPSA) is 55.8 Å². The van der Waals surface area contributed by atoms with E-state index >= 15 is 0 Å². The molecule has 0 aliphatic heterocycles. The van der Waals surface area contributed by atoms with Gasteiger partial charge in [0.1, 0.15) is 0 Å². The molecule has 8 heteroatoms. The zero-order valence-electron chi connectivity index (χ0n) is 19.6. The fourth-order valence-corrected chi connectivity index (χ4v) is 3.73. The molecule has 0 saturated heterocycles. The van der Waals surface area contributed by atoms with Gasteiger partial charge in [-0.25, -0.2) is 13.2 Å². The zero-order chi connectivity index (χ0) is 24.4. The van der Waals surface area contributed by atoms with Gasteiger partial charge in [-0.2, -0.15) is 4.39 Å². The van der Waals surface area contributed by atoms with Gasteiger partial charge < -0.3 is 14.6 Å². The van der Waals surface area contributed by atoms with Crippen LogP contribution in [0.3, 0.4) is 0 Å². The molecule has 1 N–H and O–H groups in total. The van der Waals surface area contributed by atoms with Crippen molar-refractivity contribution in [1.82, 2.24) is 0 Å². The van der Waals surface area contributed by atoms with Gasteiger partial charge in [-0.15, -0.1) is 0 Å². The second kappa shape index (κ2) is 9.86. The van der Waals surface area contributed by atoms with Gasteiger partial charge in [-0.05, 0) is 66.2 Å². The van der Waals surface area contributed by atoms with Crippen LogP contribution in [0.4, 0.5) is 17.6 Å². The Morgan fingerprint density at radius 1 is 0.968 bits per heavy atom. The summed E-state index contributed by atoms with van der Waals surface area (Å²) in [5, 5.41) is 9.76.